The van der Waals surface area contributed by atoms with Crippen molar-refractivity contribution in [2.75, 3.05) is 12.0 Å². The van der Waals surface area contributed by atoms with Crippen LogP contribution in [0, 0.1) is 0 Å². The molecule has 0 saturated carbocycles. The van der Waals surface area contributed by atoms with Gasteiger partial charge in [0, 0.05) is 0 Å². The molecule has 0 amide bonds. The van der Waals surface area contributed by atoms with Crippen LogP contribution in [-0.4, -0.2) is 21.8 Å². The predicted octanol–water partition coefficient (Wildman–Crippen LogP) is 2.02. The minimum absolute atomic E-state index is 0.284. The van der Waals surface area contributed by atoms with Gasteiger partial charge in [-0.3, -0.25) is 0 Å². The maximum atomic E-state index is 11.1. The van der Waals surface area contributed by atoms with Gasteiger partial charge in [0.1, 0.15) is 11.0 Å². The summed E-state index contributed by atoms with van der Waals surface area (Å²) in [7, 11) is 0. The zero-order valence-corrected chi connectivity index (χ0v) is 8.30. The van der Waals surface area contributed by atoms with Crippen molar-refractivity contribution < 1.29 is 4.55 Å². The first kappa shape index (κ1) is 10.4. The smallest absolute Gasteiger partial charge is 0.124 e. The van der Waals surface area contributed by atoms with E-state index in [-0.39, 0.29) is 5.25 Å². The summed E-state index contributed by atoms with van der Waals surface area (Å²) < 4.78 is 11.1. The molecule has 0 fully saturated rings. The molecule has 0 aliphatic rings. The maximum Gasteiger partial charge on any atom is 0.124 e. The zero-order chi connectivity index (χ0) is 7.98. The summed E-state index contributed by atoms with van der Waals surface area (Å²) in [5.41, 5.74) is 0. The summed E-state index contributed by atoms with van der Waals surface area (Å²) in [6.45, 7) is 3.95. The highest BCUT2D eigenvalue weighted by Crippen LogP contribution is 2.02. The number of hydrogen-bond donors (Lipinski definition) is 0. The lowest BCUT2D eigenvalue weighted by atomic mass is 10.6. The molecule has 0 bridgehead atoms. The van der Waals surface area contributed by atoms with Gasteiger partial charge in [-0.25, -0.2) is 0 Å². The molecular weight excluding hydrogens is 164 g/mol. The van der Waals surface area contributed by atoms with Gasteiger partial charge in [-0.15, -0.1) is 11.8 Å². The van der Waals surface area contributed by atoms with Crippen LogP contribution in [0.15, 0.2) is 11.5 Å². The highest BCUT2D eigenvalue weighted by molar-refractivity contribution is 8.01. The van der Waals surface area contributed by atoms with Gasteiger partial charge in [-0.2, -0.15) is 0 Å². The number of rotatable bonds is 4. The second-order valence-electron chi connectivity index (χ2n) is 2.20. The van der Waals surface area contributed by atoms with Gasteiger partial charge in [0.25, 0.3) is 0 Å². The molecule has 1 unspecified atom stereocenters. The molecule has 0 heterocycles. The normalized spacial score (nSPS) is 14.9. The highest BCUT2D eigenvalue weighted by atomic mass is 32.2. The Hall–Kier alpha value is 0.400. The fourth-order valence-electron chi connectivity index (χ4n) is 0.423. The topological polar surface area (TPSA) is 23.1 Å². The maximum absolute atomic E-state index is 11.1. The van der Waals surface area contributed by atoms with Gasteiger partial charge in [-0.05, 0) is 42.8 Å². The van der Waals surface area contributed by atoms with Gasteiger partial charge in [0.2, 0.25) is 0 Å². The van der Waals surface area contributed by atoms with Crippen LogP contribution in [0.5, 0.6) is 0 Å². The summed E-state index contributed by atoms with van der Waals surface area (Å²) in [4.78, 5) is 0. The van der Waals surface area contributed by atoms with Crippen LogP contribution in [0.4, 0.5) is 0 Å². The van der Waals surface area contributed by atoms with Crippen molar-refractivity contribution in [1.82, 2.24) is 0 Å². The summed E-state index contributed by atoms with van der Waals surface area (Å²) in [5, 5.41) is 2.26. The van der Waals surface area contributed by atoms with E-state index in [1.54, 1.807) is 11.8 Å². The Morgan fingerprint density at radius 1 is 1.60 bits per heavy atom. The predicted molar refractivity (Wildman–Crippen MR) is 50.8 cm³/mol. The molecule has 10 heavy (non-hydrogen) atoms. The molecule has 0 radical (unpaired) electrons. The van der Waals surface area contributed by atoms with Crippen molar-refractivity contribution in [2.24, 2.45) is 0 Å². The Morgan fingerprint density at radius 3 is 2.60 bits per heavy atom. The van der Waals surface area contributed by atoms with Gasteiger partial charge in [0.15, 0.2) is 0 Å². The van der Waals surface area contributed by atoms with Crippen LogP contribution in [0.25, 0.3) is 0 Å². The van der Waals surface area contributed by atoms with E-state index in [2.05, 4.69) is 0 Å². The van der Waals surface area contributed by atoms with E-state index in [4.69, 9.17) is 0 Å². The van der Waals surface area contributed by atoms with Crippen LogP contribution in [0.3, 0.4) is 0 Å². The lowest BCUT2D eigenvalue weighted by Gasteiger charge is -2.11. The Bertz CT molecular complexity index is 102. The Labute approximate surface area is 70.5 Å². The van der Waals surface area contributed by atoms with Crippen LogP contribution >= 0.6 is 11.8 Å². The van der Waals surface area contributed by atoms with E-state index in [0.29, 0.717) is 5.75 Å². The van der Waals surface area contributed by atoms with Crippen molar-refractivity contribution in [2.45, 2.75) is 19.1 Å². The molecule has 0 saturated heterocycles. The summed E-state index contributed by atoms with van der Waals surface area (Å²) in [6.07, 6.45) is 3.95. The first-order valence-corrected chi connectivity index (χ1v) is 5.90. The summed E-state index contributed by atoms with van der Waals surface area (Å²) in [5.74, 6) is 0.693. The third-order valence-corrected chi connectivity index (χ3v) is 3.06. The van der Waals surface area contributed by atoms with Crippen molar-refractivity contribution in [3.8, 4) is 0 Å². The van der Waals surface area contributed by atoms with Gasteiger partial charge < -0.3 is 4.55 Å². The minimum Gasteiger partial charge on any atom is -0.616 e. The second kappa shape index (κ2) is 6.13. The number of hydrogen-bond acceptors (Lipinski definition) is 2. The van der Waals surface area contributed by atoms with Crippen LogP contribution < -0.4 is 0 Å². The quantitative estimate of drug-likeness (QED) is 0.615. The van der Waals surface area contributed by atoms with Crippen LogP contribution in [0.2, 0.25) is 0 Å². The third-order valence-electron chi connectivity index (χ3n) is 1.02. The SMILES string of the molecule is CS/C=C\C[S+]([O-])C(C)C. The van der Waals surface area contributed by atoms with Gasteiger partial charge >= 0.3 is 0 Å². The van der Waals surface area contributed by atoms with E-state index in [1.165, 1.54) is 0 Å². The minimum atomic E-state index is -0.673. The molecule has 0 aromatic carbocycles. The van der Waals surface area contributed by atoms with E-state index in [9.17, 15) is 4.55 Å². The van der Waals surface area contributed by atoms with Crippen LogP contribution in [-0.2, 0) is 11.2 Å². The molecular formula is C7H14OS2. The summed E-state index contributed by atoms with van der Waals surface area (Å²) >= 11 is 0.967. The van der Waals surface area contributed by atoms with E-state index < -0.39 is 11.2 Å². The fraction of sp³-hybridized carbons (Fsp3) is 0.714. The first-order valence-electron chi connectivity index (χ1n) is 3.23. The molecule has 0 aliphatic heterocycles. The lowest BCUT2D eigenvalue weighted by Crippen LogP contribution is -2.16. The molecule has 60 valence electrons. The Morgan fingerprint density at radius 2 is 2.20 bits per heavy atom. The van der Waals surface area contributed by atoms with E-state index in [1.807, 2.05) is 31.6 Å². The van der Waals surface area contributed by atoms with E-state index >= 15 is 0 Å². The zero-order valence-electron chi connectivity index (χ0n) is 6.66. The fourth-order valence-corrected chi connectivity index (χ4v) is 1.50. The molecule has 0 rings (SSSR count). The van der Waals surface area contributed by atoms with Gasteiger partial charge in [0.05, 0.1) is 0 Å². The second-order valence-corrected chi connectivity index (χ2v) is 4.98. The Balaban J connectivity index is 3.38. The molecule has 3 heteroatoms. The average molecular weight is 178 g/mol. The van der Waals surface area contributed by atoms with Crippen molar-refractivity contribution in [1.29, 1.82) is 0 Å². The molecule has 0 aliphatic carbocycles. The molecule has 1 nitrogen and oxygen atoms in total. The largest absolute Gasteiger partial charge is 0.616 e. The van der Waals surface area contributed by atoms with Crippen LogP contribution in [0.1, 0.15) is 13.8 Å². The lowest BCUT2D eigenvalue weighted by molar-refractivity contribution is 0.589. The number of thioether (sulfide) groups is 1. The third kappa shape index (κ3) is 5.21. The van der Waals surface area contributed by atoms with Crippen molar-refractivity contribution >= 4 is 22.9 Å². The van der Waals surface area contributed by atoms with E-state index in [0.717, 1.165) is 0 Å². The molecule has 0 aromatic rings. The summed E-state index contributed by atoms with van der Waals surface area (Å²) in [6, 6.07) is 0. The molecule has 0 aromatic heterocycles. The molecule has 0 N–H and O–H groups in total. The van der Waals surface area contributed by atoms with Gasteiger partial charge in [-0.1, -0.05) is 0 Å². The molecule has 0 spiro atoms. The first-order chi connectivity index (χ1) is 4.68. The average Bonchev–Trinajstić information content (AvgIpc) is 1.88. The standard InChI is InChI=1S/C7H14OS2/c1-7(2)10(8)6-4-5-9-3/h4-5,7H,6H2,1-3H3/b5-4-. The Kier molecular flexibility index (Phi) is 6.38. The monoisotopic (exact) mass is 178 g/mol. The van der Waals surface area contributed by atoms with Crippen molar-refractivity contribution in [3.63, 3.8) is 0 Å². The molecule has 1 atom stereocenters. The van der Waals surface area contributed by atoms with Crippen molar-refractivity contribution in [3.05, 3.63) is 11.5 Å². The highest BCUT2D eigenvalue weighted by Gasteiger charge is 2.07.